The number of aryl methyl sites for hydroxylation is 1. The fraction of sp³-hybridized carbons (Fsp3) is 0.300. The summed E-state index contributed by atoms with van der Waals surface area (Å²) in [4.78, 5) is 20.0. The van der Waals surface area contributed by atoms with Gasteiger partial charge in [-0.2, -0.15) is 5.10 Å². The number of hydrogen-bond donors (Lipinski definition) is 2. The van der Waals surface area contributed by atoms with Crippen molar-refractivity contribution in [3.63, 3.8) is 0 Å². The largest absolute Gasteiger partial charge is 0.380 e. The first-order chi connectivity index (χ1) is 14.7. The lowest BCUT2D eigenvalue weighted by molar-refractivity contribution is -0.114. The van der Waals surface area contributed by atoms with Gasteiger partial charge in [-0.25, -0.2) is 18.4 Å². The summed E-state index contributed by atoms with van der Waals surface area (Å²) in [5.74, 6) is 0.386. The third kappa shape index (κ3) is 5.64. The van der Waals surface area contributed by atoms with E-state index in [1.165, 1.54) is 20.1 Å². The van der Waals surface area contributed by atoms with Gasteiger partial charge in [-0.3, -0.25) is 9.48 Å². The smallest absolute Gasteiger partial charge is 0.222 e. The standard InChI is InChI=1S/C20H24N6O4S/c1-5-26-7-6-16(25-26)15-11-21-18(22-13(2)27)10-17(15)23-19-8-14(12-30-3)9-20(24-19)31(4,28)29/h6-11H,5,12H2,1-4H3,(H2,21,22,23,24,27). The maximum absolute atomic E-state index is 12.1. The van der Waals surface area contributed by atoms with Crippen LogP contribution in [0.25, 0.3) is 11.3 Å². The van der Waals surface area contributed by atoms with Crippen LogP contribution < -0.4 is 10.6 Å². The molecule has 0 saturated carbocycles. The normalized spacial score (nSPS) is 11.4. The van der Waals surface area contributed by atoms with Gasteiger partial charge in [0.15, 0.2) is 14.9 Å². The Hall–Kier alpha value is -3.31. The minimum absolute atomic E-state index is 0.0718. The van der Waals surface area contributed by atoms with Gasteiger partial charge in [0.1, 0.15) is 11.6 Å². The molecule has 0 spiro atoms. The second kappa shape index (κ2) is 9.23. The third-order valence-electron chi connectivity index (χ3n) is 4.26. The van der Waals surface area contributed by atoms with Gasteiger partial charge in [0, 0.05) is 50.9 Å². The molecule has 2 N–H and O–H groups in total. The number of sulfone groups is 1. The number of carbonyl (C=O) groups excluding carboxylic acids is 1. The van der Waals surface area contributed by atoms with Crippen LogP contribution in [0.4, 0.5) is 17.3 Å². The maximum Gasteiger partial charge on any atom is 0.222 e. The number of nitrogens with zero attached hydrogens (tertiary/aromatic N) is 4. The molecule has 0 atom stereocenters. The molecule has 0 aliphatic heterocycles. The molecule has 0 saturated heterocycles. The molecule has 0 aromatic carbocycles. The molecule has 0 bridgehead atoms. The molecule has 0 aliphatic rings. The van der Waals surface area contributed by atoms with E-state index in [1.807, 2.05) is 19.2 Å². The van der Waals surface area contributed by atoms with E-state index in [9.17, 15) is 13.2 Å². The third-order valence-corrected chi connectivity index (χ3v) is 5.23. The van der Waals surface area contributed by atoms with Crippen LogP contribution in [0.3, 0.4) is 0 Å². The molecule has 11 heteroatoms. The highest BCUT2D eigenvalue weighted by Crippen LogP contribution is 2.31. The lowest BCUT2D eigenvalue weighted by Gasteiger charge is -2.14. The number of carbonyl (C=O) groups is 1. The highest BCUT2D eigenvalue weighted by atomic mass is 32.2. The summed E-state index contributed by atoms with van der Waals surface area (Å²) in [6, 6.07) is 6.67. The minimum Gasteiger partial charge on any atom is -0.380 e. The van der Waals surface area contributed by atoms with Gasteiger partial charge in [0.2, 0.25) is 5.91 Å². The van der Waals surface area contributed by atoms with Crippen LogP contribution in [-0.2, 0) is 32.5 Å². The van der Waals surface area contributed by atoms with Gasteiger partial charge in [-0.1, -0.05) is 0 Å². The van der Waals surface area contributed by atoms with Gasteiger partial charge in [-0.05, 0) is 30.7 Å². The molecular formula is C20H24N6O4S. The summed E-state index contributed by atoms with van der Waals surface area (Å²) >= 11 is 0. The first-order valence-corrected chi connectivity index (χ1v) is 11.4. The van der Waals surface area contributed by atoms with Gasteiger partial charge in [-0.15, -0.1) is 0 Å². The molecule has 3 aromatic heterocycles. The SMILES string of the molecule is CCn1ccc(-c2cnc(NC(C)=O)cc2Nc2cc(COC)cc(S(C)(=O)=O)n2)n1. The summed E-state index contributed by atoms with van der Waals surface area (Å²) < 4.78 is 31.1. The van der Waals surface area contributed by atoms with E-state index < -0.39 is 9.84 Å². The second-order valence-corrected chi connectivity index (χ2v) is 8.84. The lowest BCUT2D eigenvalue weighted by Crippen LogP contribution is -2.09. The van der Waals surface area contributed by atoms with E-state index in [0.717, 1.165) is 6.26 Å². The Labute approximate surface area is 180 Å². The Balaban J connectivity index is 2.09. The Bertz CT molecular complexity index is 1210. The Kier molecular flexibility index (Phi) is 6.66. The average Bonchev–Trinajstić information content (AvgIpc) is 3.16. The van der Waals surface area contributed by atoms with Crippen molar-refractivity contribution in [3.8, 4) is 11.3 Å². The fourth-order valence-electron chi connectivity index (χ4n) is 2.89. The van der Waals surface area contributed by atoms with E-state index in [1.54, 1.807) is 23.0 Å². The molecular weight excluding hydrogens is 420 g/mol. The monoisotopic (exact) mass is 444 g/mol. The predicted octanol–water partition coefficient (Wildman–Crippen LogP) is 2.61. The van der Waals surface area contributed by atoms with Crippen LogP contribution in [-0.4, -0.2) is 47.4 Å². The Morgan fingerprint density at radius 3 is 2.61 bits per heavy atom. The minimum atomic E-state index is -3.54. The van der Waals surface area contributed by atoms with Crippen LogP contribution in [0.5, 0.6) is 0 Å². The first kappa shape index (κ1) is 22.4. The topological polar surface area (TPSA) is 128 Å². The summed E-state index contributed by atoms with van der Waals surface area (Å²) in [6.07, 6.45) is 4.53. The Morgan fingerprint density at radius 1 is 1.23 bits per heavy atom. The van der Waals surface area contributed by atoms with Crippen LogP contribution >= 0.6 is 0 Å². The van der Waals surface area contributed by atoms with Crippen molar-refractivity contribution in [3.05, 3.63) is 42.2 Å². The molecule has 0 radical (unpaired) electrons. The highest BCUT2D eigenvalue weighted by molar-refractivity contribution is 7.90. The van der Waals surface area contributed by atoms with Crippen LogP contribution in [0.2, 0.25) is 0 Å². The van der Waals surface area contributed by atoms with Crippen molar-refractivity contribution < 1.29 is 17.9 Å². The highest BCUT2D eigenvalue weighted by Gasteiger charge is 2.16. The first-order valence-electron chi connectivity index (χ1n) is 9.48. The second-order valence-electron chi connectivity index (χ2n) is 6.88. The molecule has 3 rings (SSSR count). The molecule has 1 amide bonds. The molecule has 10 nitrogen and oxygen atoms in total. The quantitative estimate of drug-likeness (QED) is 0.543. The van der Waals surface area contributed by atoms with E-state index >= 15 is 0 Å². The molecule has 3 heterocycles. The van der Waals surface area contributed by atoms with Crippen molar-refractivity contribution in [1.82, 2.24) is 19.7 Å². The summed E-state index contributed by atoms with van der Waals surface area (Å²) in [5, 5.41) is 10.2. The number of nitrogens with one attached hydrogen (secondary N) is 2. The summed E-state index contributed by atoms with van der Waals surface area (Å²) in [6.45, 7) is 4.30. The number of aromatic nitrogens is 4. The zero-order valence-electron chi connectivity index (χ0n) is 17.7. The lowest BCUT2D eigenvalue weighted by atomic mass is 10.1. The van der Waals surface area contributed by atoms with Gasteiger partial charge in [0.05, 0.1) is 18.0 Å². The van der Waals surface area contributed by atoms with Crippen molar-refractivity contribution in [2.45, 2.75) is 32.0 Å². The number of methoxy groups -OCH3 is 1. The zero-order valence-corrected chi connectivity index (χ0v) is 18.5. The molecule has 31 heavy (non-hydrogen) atoms. The fourth-order valence-corrected chi connectivity index (χ4v) is 3.52. The molecule has 0 unspecified atom stereocenters. The summed E-state index contributed by atoms with van der Waals surface area (Å²) in [5.41, 5.74) is 2.54. The van der Waals surface area contributed by atoms with Crippen molar-refractivity contribution in [2.24, 2.45) is 0 Å². The van der Waals surface area contributed by atoms with Crippen LogP contribution in [0.1, 0.15) is 19.4 Å². The van der Waals surface area contributed by atoms with Crippen molar-refractivity contribution in [2.75, 3.05) is 24.0 Å². The molecule has 3 aromatic rings. The Morgan fingerprint density at radius 2 is 2.00 bits per heavy atom. The number of pyridine rings is 2. The van der Waals surface area contributed by atoms with Gasteiger partial charge < -0.3 is 15.4 Å². The molecule has 0 aliphatic carbocycles. The molecule has 164 valence electrons. The maximum atomic E-state index is 12.1. The van der Waals surface area contributed by atoms with Crippen LogP contribution in [0.15, 0.2) is 41.7 Å². The van der Waals surface area contributed by atoms with Crippen molar-refractivity contribution >= 4 is 33.1 Å². The number of hydrogen-bond acceptors (Lipinski definition) is 8. The number of amides is 1. The van der Waals surface area contributed by atoms with Gasteiger partial charge >= 0.3 is 0 Å². The van der Waals surface area contributed by atoms with Crippen LogP contribution in [0, 0.1) is 0 Å². The average molecular weight is 445 g/mol. The van der Waals surface area contributed by atoms with Gasteiger partial charge in [0.25, 0.3) is 0 Å². The van der Waals surface area contributed by atoms with E-state index in [2.05, 4.69) is 25.7 Å². The van der Waals surface area contributed by atoms with Crippen molar-refractivity contribution in [1.29, 1.82) is 0 Å². The van der Waals surface area contributed by atoms with E-state index in [4.69, 9.17) is 4.74 Å². The molecule has 0 fully saturated rings. The number of rotatable bonds is 8. The number of anilines is 3. The van der Waals surface area contributed by atoms with E-state index in [-0.39, 0.29) is 17.5 Å². The summed E-state index contributed by atoms with van der Waals surface area (Å²) in [7, 11) is -2.01. The number of ether oxygens (including phenoxy) is 1. The van der Waals surface area contributed by atoms with E-state index in [0.29, 0.717) is 40.7 Å². The zero-order chi connectivity index (χ0) is 22.6. The predicted molar refractivity (Wildman–Crippen MR) is 117 cm³/mol.